The van der Waals surface area contributed by atoms with Crippen LogP contribution in [0, 0.1) is 11.7 Å². The Bertz CT molecular complexity index is 972. The van der Waals surface area contributed by atoms with E-state index in [1.807, 2.05) is 0 Å². The number of carbonyl (C=O) groups excluding carboxylic acids is 1. The number of H-pyrrole nitrogens is 1. The van der Waals surface area contributed by atoms with Gasteiger partial charge in [0.15, 0.2) is 0 Å². The molecule has 7 heteroatoms. The van der Waals surface area contributed by atoms with Crippen molar-refractivity contribution >= 4 is 22.6 Å². The van der Waals surface area contributed by atoms with E-state index in [1.54, 1.807) is 18.2 Å². The first kappa shape index (κ1) is 13.7. The van der Waals surface area contributed by atoms with E-state index < -0.39 is 5.82 Å². The Morgan fingerprint density at radius 1 is 1.35 bits per heavy atom. The molecule has 2 heterocycles. The van der Waals surface area contributed by atoms with Crippen LogP contribution in [-0.4, -0.2) is 20.7 Å². The number of halogens is 1. The predicted molar refractivity (Wildman–Crippen MR) is 83.0 cm³/mol. The highest BCUT2D eigenvalue weighted by Crippen LogP contribution is 2.30. The molecular formula is C16H13FN4O2. The highest BCUT2D eigenvalue weighted by Gasteiger charge is 2.29. The fraction of sp³-hybridized carbons (Fsp3) is 0.188. The van der Waals surface area contributed by atoms with Crippen LogP contribution < -0.4 is 10.9 Å². The zero-order chi connectivity index (χ0) is 16.0. The number of amides is 1. The summed E-state index contributed by atoms with van der Waals surface area (Å²) in [6, 6.07) is 7.50. The molecule has 1 amide bonds. The van der Waals surface area contributed by atoms with E-state index in [0.29, 0.717) is 22.4 Å². The van der Waals surface area contributed by atoms with E-state index in [4.69, 9.17) is 0 Å². The lowest BCUT2D eigenvalue weighted by Gasteiger charge is -2.06. The average Bonchev–Trinajstić information content (AvgIpc) is 3.33. The molecule has 23 heavy (non-hydrogen) atoms. The summed E-state index contributed by atoms with van der Waals surface area (Å²) in [6.07, 6.45) is 3.20. The van der Waals surface area contributed by atoms with Crippen molar-refractivity contribution in [2.45, 2.75) is 12.8 Å². The van der Waals surface area contributed by atoms with Crippen LogP contribution in [0.5, 0.6) is 0 Å². The molecule has 1 fully saturated rings. The van der Waals surface area contributed by atoms with Crippen molar-refractivity contribution < 1.29 is 9.18 Å². The van der Waals surface area contributed by atoms with Crippen molar-refractivity contribution in [2.24, 2.45) is 5.92 Å². The van der Waals surface area contributed by atoms with E-state index in [9.17, 15) is 14.0 Å². The van der Waals surface area contributed by atoms with Gasteiger partial charge in [-0.15, -0.1) is 0 Å². The Hall–Kier alpha value is -2.96. The summed E-state index contributed by atoms with van der Waals surface area (Å²) in [5.74, 6) is -0.0313. The number of rotatable bonds is 3. The van der Waals surface area contributed by atoms with Gasteiger partial charge >= 0.3 is 0 Å². The van der Waals surface area contributed by atoms with Crippen LogP contribution in [0.25, 0.3) is 16.6 Å². The number of aromatic nitrogens is 3. The fourth-order valence-corrected chi connectivity index (χ4v) is 2.49. The molecule has 1 aliphatic rings. The zero-order valence-electron chi connectivity index (χ0n) is 12.0. The third kappa shape index (κ3) is 2.50. The van der Waals surface area contributed by atoms with Crippen LogP contribution in [0.2, 0.25) is 0 Å². The number of anilines is 1. The van der Waals surface area contributed by atoms with Gasteiger partial charge in [0.25, 0.3) is 5.56 Å². The molecule has 0 bridgehead atoms. The molecule has 3 aromatic rings. The molecule has 0 aliphatic heterocycles. The van der Waals surface area contributed by atoms with Crippen molar-refractivity contribution in [1.29, 1.82) is 0 Å². The highest BCUT2D eigenvalue weighted by atomic mass is 19.1. The average molecular weight is 312 g/mol. The summed E-state index contributed by atoms with van der Waals surface area (Å²) in [5, 5.41) is 5.77. The summed E-state index contributed by atoms with van der Waals surface area (Å²) in [6.45, 7) is 0. The molecule has 1 aromatic carbocycles. The Labute approximate surface area is 129 Å². The molecule has 6 nitrogen and oxygen atoms in total. The van der Waals surface area contributed by atoms with Crippen LogP contribution in [0.3, 0.4) is 0 Å². The summed E-state index contributed by atoms with van der Waals surface area (Å²) in [5.41, 5.74) is 0.696. The fourth-order valence-electron chi connectivity index (χ4n) is 2.49. The number of nitrogens with zero attached hydrogens (tertiary/aromatic N) is 2. The summed E-state index contributed by atoms with van der Waals surface area (Å²) >= 11 is 0. The maximum absolute atomic E-state index is 13.4. The first-order valence-corrected chi connectivity index (χ1v) is 7.29. The topological polar surface area (TPSA) is 79.8 Å². The Kier molecular flexibility index (Phi) is 3.00. The summed E-state index contributed by atoms with van der Waals surface area (Å²) < 4.78 is 14.9. The highest BCUT2D eigenvalue weighted by molar-refractivity contribution is 5.94. The molecule has 0 saturated heterocycles. The lowest BCUT2D eigenvalue weighted by molar-refractivity contribution is -0.117. The summed E-state index contributed by atoms with van der Waals surface area (Å²) in [4.78, 5) is 28.0. The van der Waals surface area contributed by atoms with Crippen LogP contribution in [-0.2, 0) is 4.79 Å². The molecule has 0 unspecified atom stereocenters. The van der Waals surface area contributed by atoms with Gasteiger partial charge in [0.2, 0.25) is 5.91 Å². The Morgan fingerprint density at radius 3 is 2.91 bits per heavy atom. The largest absolute Gasteiger partial charge is 0.310 e. The first-order chi connectivity index (χ1) is 11.1. The van der Waals surface area contributed by atoms with E-state index in [0.717, 1.165) is 12.8 Å². The molecule has 1 saturated carbocycles. The smallest absolute Gasteiger partial charge is 0.273 e. The molecule has 0 spiro atoms. The maximum Gasteiger partial charge on any atom is 0.273 e. The van der Waals surface area contributed by atoms with E-state index in [1.165, 1.54) is 23.0 Å². The van der Waals surface area contributed by atoms with Crippen LogP contribution in [0.15, 0.2) is 41.3 Å². The van der Waals surface area contributed by atoms with Crippen molar-refractivity contribution in [3.63, 3.8) is 0 Å². The molecule has 2 N–H and O–H groups in total. The minimum absolute atomic E-state index is 0.0594. The molecular weight excluding hydrogens is 299 g/mol. The lowest BCUT2D eigenvalue weighted by Crippen LogP contribution is -2.14. The lowest BCUT2D eigenvalue weighted by atomic mass is 10.3. The molecule has 4 rings (SSSR count). The molecule has 116 valence electrons. The number of nitrogens with one attached hydrogen (secondary N) is 2. The Balaban J connectivity index is 1.81. The zero-order valence-corrected chi connectivity index (χ0v) is 12.0. The number of hydrogen-bond donors (Lipinski definition) is 2. The maximum atomic E-state index is 13.4. The van der Waals surface area contributed by atoms with Gasteiger partial charge in [0.1, 0.15) is 11.6 Å². The van der Waals surface area contributed by atoms with E-state index in [-0.39, 0.29) is 17.4 Å². The van der Waals surface area contributed by atoms with Gasteiger partial charge in [0, 0.05) is 18.2 Å². The number of hydrogen-bond acceptors (Lipinski definition) is 3. The third-order valence-corrected chi connectivity index (χ3v) is 3.85. The Morgan fingerprint density at radius 2 is 2.17 bits per heavy atom. The number of benzene rings is 1. The molecule has 2 aromatic heterocycles. The van der Waals surface area contributed by atoms with Gasteiger partial charge in [-0.1, -0.05) is 6.07 Å². The van der Waals surface area contributed by atoms with E-state index in [2.05, 4.69) is 15.4 Å². The van der Waals surface area contributed by atoms with Gasteiger partial charge in [-0.2, -0.15) is 0 Å². The third-order valence-electron chi connectivity index (χ3n) is 3.85. The number of aromatic amines is 1. The predicted octanol–water partition coefficient (Wildman–Crippen LogP) is 2.20. The minimum Gasteiger partial charge on any atom is -0.310 e. The molecule has 0 radical (unpaired) electrons. The quantitative estimate of drug-likeness (QED) is 0.778. The van der Waals surface area contributed by atoms with Crippen molar-refractivity contribution in [3.05, 3.63) is 52.7 Å². The standard InChI is InChI=1S/C16H13FN4O2/c17-10-2-1-3-11(6-10)21-13-7-14(19-15(22)9-4-5-9)18-8-12(13)16(23)20-21/h1-3,6-9H,4-5H2,(H,20,23)(H,18,19,22). The van der Waals surface area contributed by atoms with Crippen molar-refractivity contribution in [3.8, 4) is 5.69 Å². The monoisotopic (exact) mass is 312 g/mol. The van der Waals surface area contributed by atoms with Crippen LogP contribution >= 0.6 is 0 Å². The molecule has 0 atom stereocenters. The van der Waals surface area contributed by atoms with Gasteiger partial charge in [-0.25, -0.2) is 9.37 Å². The number of fused-ring (bicyclic) bond motifs is 1. The number of pyridine rings is 1. The second kappa shape index (κ2) is 5.05. The summed E-state index contributed by atoms with van der Waals surface area (Å²) in [7, 11) is 0. The number of carbonyl (C=O) groups is 1. The van der Waals surface area contributed by atoms with Crippen LogP contribution in [0.1, 0.15) is 12.8 Å². The molecule has 1 aliphatic carbocycles. The second-order valence-corrected chi connectivity index (χ2v) is 5.61. The second-order valence-electron chi connectivity index (χ2n) is 5.61. The van der Waals surface area contributed by atoms with Gasteiger partial charge in [-0.05, 0) is 31.0 Å². The van der Waals surface area contributed by atoms with Gasteiger partial charge < -0.3 is 5.32 Å². The van der Waals surface area contributed by atoms with Crippen molar-refractivity contribution in [1.82, 2.24) is 14.8 Å². The van der Waals surface area contributed by atoms with Gasteiger partial charge in [-0.3, -0.25) is 19.4 Å². The van der Waals surface area contributed by atoms with E-state index >= 15 is 0 Å². The van der Waals surface area contributed by atoms with Gasteiger partial charge in [0.05, 0.1) is 16.6 Å². The SMILES string of the molecule is O=C(Nc1cc2c(cn1)c(=O)[nH]n2-c1cccc(F)c1)C1CC1. The van der Waals surface area contributed by atoms with Crippen molar-refractivity contribution in [2.75, 3.05) is 5.32 Å². The normalized spacial score (nSPS) is 14.1. The van der Waals surface area contributed by atoms with Crippen LogP contribution in [0.4, 0.5) is 10.2 Å². The minimum atomic E-state index is -0.401. The first-order valence-electron chi connectivity index (χ1n) is 7.29.